The highest BCUT2D eigenvalue weighted by molar-refractivity contribution is 5.98. The van der Waals surface area contributed by atoms with Gasteiger partial charge in [0.1, 0.15) is 11.5 Å². The van der Waals surface area contributed by atoms with E-state index in [0.29, 0.717) is 30.1 Å². The Labute approximate surface area is 159 Å². The first-order valence-corrected chi connectivity index (χ1v) is 9.10. The molecule has 2 aromatic rings. The van der Waals surface area contributed by atoms with Crippen molar-refractivity contribution in [3.63, 3.8) is 0 Å². The second-order valence-electron chi connectivity index (χ2n) is 6.12. The van der Waals surface area contributed by atoms with Gasteiger partial charge < -0.3 is 9.47 Å². The van der Waals surface area contributed by atoms with Gasteiger partial charge in [-0.3, -0.25) is 20.4 Å². The third-order valence-corrected chi connectivity index (χ3v) is 3.86. The van der Waals surface area contributed by atoms with Gasteiger partial charge in [0.05, 0.1) is 12.2 Å². The van der Waals surface area contributed by atoms with E-state index in [4.69, 9.17) is 9.47 Å². The van der Waals surface area contributed by atoms with Gasteiger partial charge in [-0.25, -0.2) is 0 Å². The third-order valence-electron chi connectivity index (χ3n) is 3.86. The zero-order valence-corrected chi connectivity index (χ0v) is 16.0. The predicted octanol–water partition coefficient (Wildman–Crippen LogP) is 3.40. The number of hydrogen-bond donors (Lipinski definition) is 2. The highest BCUT2D eigenvalue weighted by atomic mass is 16.5. The molecule has 0 heterocycles. The van der Waals surface area contributed by atoms with Crippen molar-refractivity contribution in [2.24, 2.45) is 0 Å². The van der Waals surface area contributed by atoms with E-state index in [1.807, 2.05) is 45.0 Å². The average molecular weight is 370 g/mol. The number of hydrazine groups is 1. The molecule has 2 aromatic carbocycles. The van der Waals surface area contributed by atoms with Gasteiger partial charge in [-0.2, -0.15) is 0 Å². The maximum absolute atomic E-state index is 12.4. The fraction of sp³-hybridized carbons (Fsp3) is 0.333. The summed E-state index contributed by atoms with van der Waals surface area (Å²) >= 11 is 0. The van der Waals surface area contributed by atoms with Gasteiger partial charge in [0.2, 0.25) is 0 Å². The standard InChI is InChI=1S/C21H26N2O4/c1-4-14-26-19-9-7-6-8-17(19)20(24)22-23-21(25)18(5-2)27-16-12-10-15(3)11-13-16/h6-13,18H,4-5,14H2,1-3H3,(H,22,24)(H,23,25). The SMILES string of the molecule is CCCOc1ccccc1C(=O)NNC(=O)C(CC)Oc1ccc(C)cc1. The van der Waals surface area contributed by atoms with Crippen molar-refractivity contribution < 1.29 is 19.1 Å². The van der Waals surface area contributed by atoms with Crippen molar-refractivity contribution in [3.05, 3.63) is 59.7 Å². The molecule has 0 radical (unpaired) electrons. The molecule has 1 unspecified atom stereocenters. The lowest BCUT2D eigenvalue weighted by atomic mass is 10.2. The molecule has 2 amide bonds. The average Bonchev–Trinajstić information content (AvgIpc) is 2.70. The van der Waals surface area contributed by atoms with E-state index in [2.05, 4.69) is 10.9 Å². The molecule has 0 saturated heterocycles. The molecule has 0 aliphatic heterocycles. The van der Waals surface area contributed by atoms with Crippen molar-refractivity contribution in [1.29, 1.82) is 0 Å². The summed E-state index contributed by atoms with van der Waals surface area (Å²) in [6, 6.07) is 14.3. The van der Waals surface area contributed by atoms with E-state index in [9.17, 15) is 9.59 Å². The van der Waals surface area contributed by atoms with Gasteiger partial charge in [0.25, 0.3) is 11.8 Å². The minimum atomic E-state index is -0.709. The molecule has 0 spiro atoms. The van der Waals surface area contributed by atoms with Crippen LogP contribution in [0, 0.1) is 6.92 Å². The molecule has 1 atom stereocenters. The number of para-hydroxylation sites is 1. The van der Waals surface area contributed by atoms with E-state index in [1.165, 1.54) is 0 Å². The van der Waals surface area contributed by atoms with Gasteiger partial charge in [-0.05, 0) is 44.0 Å². The summed E-state index contributed by atoms with van der Waals surface area (Å²) in [7, 11) is 0. The van der Waals surface area contributed by atoms with Gasteiger partial charge >= 0.3 is 0 Å². The van der Waals surface area contributed by atoms with Crippen LogP contribution in [0.3, 0.4) is 0 Å². The van der Waals surface area contributed by atoms with Gasteiger partial charge in [-0.1, -0.05) is 43.7 Å². The molecule has 0 fully saturated rings. The van der Waals surface area contributed by atoms with Crippen molar-refractivity contribution >= 4 is 11.8 Å². The second-order valence-corrected chi connectivity index (χ2v) is 6.12. The highest BCUT2D eigenvalue weighted by Crippen LogP contribution is 2.18. The molecule has 6 nitrogen and oxygen atoms in total. The van der Waals surface area contributed by atoms with Gasteiger partial charge in [0, 0.05) is 0 Å². The number of ether oxygens (including phenoxy) is 2. The number of hydrogen-bond acceptors (Lipinski definition) is 4. The van der Waals surface area contributed by atoms with Crippen LogP contribution in [0.2, 0.25) is 0 Å². The maximum atomic E-state index is 12.4. The zero-order valence-electron chi connectivity index (χ0n) is 16.0. The van der Waals surface area contributed by atoms with Crippen LogP contribution in [-0.2, 0) is 4.79 Å². The number of carbonyl (C=O) groups excluding carboxylic acids is 2. The summed E-state index contributed by atoms with van der Waals surface area (Å²) < 4.78 is 11.3. The minimum absolute atomic E-state index is 0.360. The van der Waals surface area contributed by atoms with E-state index >= 15 is 0 Å². The van der Waals surface area contributed by atoms with Gasteiger partial charge in [-0.15, -0.1) is 0 Å². The normalized spacial score (nSPS) is 11.4. The number of amides is 2. The van der Waals surface area contributed by atoms with Crippen LogP contribution in [0.25, 0.3) is 0 Å². The molecule has 2 rings (SSSR count). The lowest BCUT2D eigenvalue weighted by molar-refractivity contribution is -0.128. The monoisotopic (exact) mass is 370 g/mol. The Morgan fingerprint density at radius 3 is 2.37 bits per heavy atom. The maximum Gasteiger partial charge on any atom is 0.279 e. The number of rotatable bonds is 8. The van der Waals surface area contributed by atoms with Crippen LogP contribution in [0.15, 0.2) is 48.5 Å². The fourth-order valence-electron chi connectivity index (χ4n) is 2.36. The minimum Gasteiger partial charge on any atom is -0.493 e. The van der Waals surface area contributed by atoms with Crippen LogP contribution in [0.4, 0.5) is 0 Å². The summed E-state index contributed by atoms with van der Waals surface area (Å²) in [5.41, 5.74) is 6.32. The molecular weight excluding hydrogens is 344 g/mol. The third kappa shape index (κ3) is 6.02. The molecule has 27 heavy (non-hydrogen) atoms. The Morgan fingerprint density at radius 1 is 1.00 bits per heavy atom. The van der Waals surface area contributed by atoms with E-state index < -0.39 is 17.9 Å². The molecule has 6 heteroatoms. The molecular formula is C21H26N2O4. The Bertz CT molecular complexity index is 759. The summed E-state index contributed by atoms with van der Waals surface area (Å²) in [5.74, 6) is 0.222. The van der Waals surface area contributed by atoms with Crippen molar-refractivity contribution in [3.8, 4) is 11.5 Å². The highest BCUT2D eigenvalue weighted by Gasteiger charge is 2.20. The summed E-state index contributed by atoms with van der Waals surface area (Å²) in [4.78, 5) is 24.7. The molecule has 0 aliphatic carbocycles. The van der Waals surface area contributed by atoms with E-state index in [-0.39, 0.29) is 0 Å². The molecule has 0 bridgehead atoms. The molecule has 144 valence electrons. The number of nitrogens with one attached hydrogen (secondary N) is 2. The summed E-state index contributed by atoms with van der Waals surface area (Å²) in [5, 5.41) is 0. The van der Waals surface area contributed by atoms with Crippen molar-refractivity contribution in [1.82, 2.24) is 10.9 Å². The first kappa shape index (κ1) is 20.3. The summed E-state index contributed by atoms with van der Waals surface area (Å²) in [6.07, 6.45) is 0.590. The molecule has 0 saturated carbocycles. The quantitative estimate of drug-likeness (QED) is 0.698. The topological polar surface area (TPSA) is 76.7 Å². The van der Waals surface area contributed by atoms with Crippen molar-refractivity contribution in [2.45, 2.75) is 39.7 Å². The van der Waals surface area contributed by atoms with Crippen LogP contribution in [-0.4, -0.2) is 24.5 Å². The Morgan fingerprint density at radius 2 is 1.70 bits per heavy atom. The van der Waals surface area contributed by atoms with E-state index in [1.54, 1.807) is 24.3 Å². The molecule has 0 aromatic heterocycles. The lowest BCUT2D eigenvalue weighted by Gasteiger charge is -2.18. The largest absolute Gasteiger partial charge is 0.493 e. The molecule has 0 aliphatic rings. The number of aryl methyl sites for hydroxylation is 1. The lowest BCUT2D eigenvalue weighted by Crippen LogP contribution is -2.48. The zero-order chi connectivity index (χ0) is 19.6. The second kappa shape index (κ2) is 10.2. The Hall–Kier alpha value is -3.02. The number of carbonyl (C=O) groups is 2. The van der Waals surface area contributed by atoms with E-state index in [0.717, 1.165) is 12.0 Å². The molecule has 2 N–H and O–H groups in total. The van der Waals surface area contributed by atoms with Crippen LogP contribution < -0.4 is 20.3 Å². The van der Waals surface area contributed by atoms with Crippen LogP contribution in [0.1, 0.15) is 42.6 Å². The Kier molecular flexibility index (Phi) is 7.67. The summed E-state index contributed by atoms with van der Waals surface area (Å²) in [6.45, 7) is 6.32. The smallest absolute Gasteiger partial charge is 0.279 e. The Balaban J connectivity index is 1.95. The first-order chi connectivity index (χ1) is 13.0. The van der Waals surface area contributed by atoms with Crippen LogP contribution in [0.5, 0.6) is 11.5 Å². The first-order valence-electron chi connectivity index (χ1n) is 9.10. The van der Waals surface area contributed by atoms with Gasteiger partial charge in [0.15, 0.2) is 6.10 Å². The van der Waals surface area contributed by atoms with Crippen LogP contribution >= 0.6 is 0 Å². The fourth-order valence-corrected chi connectivity index (χ4v) is 2.36. The van der Waals surface area contributed by atoms with Crippen molar-refractivity contribution in [2.75, 3.05) is 6.61 Å². The number of benzene rings is 2. The predicted molar refractivity (Wildman–Crippen MR) is 104 cm³/mol.